The van der Waals surface area contributed by atoms with Crippen LogP contribution in [0.2, 0.25) is 0 Å². The van der Waals surface area contributed by atoms with Gasteiger partial charge in [-0.25, -0.2) is 18.1 Å². The predicted molar refractivity (Wildman–Crippen MR) is 183 cm³/mol. The zero-order valence-electron chi connectivity index (χ0n) is 28.8. The lowest BCUT2D eigenvalue weighted by Gasteiger charge is -2.44. The molecule has 0 radical (unpaired) electrons. The number of likely N-dealkylation sites (N-methyl/N-ethyl adjacent to an activating group) is 1. The summed E-state index contributed by atoms with van der Waals surface area (Å²) in [6.45, 7) is 4.84. The molecule has 1 aromatic heterocycles. The summed E-state index contributed by atoms with van der Waals surface area (Å²) < 4.78 is 85.0. The van der Waals surface area contributed by atoms with Crippen LogP contribution in [0.25, 0.3) is 11.3 Å². The van der Waals surface area contributed by atoms with E-state index in [1.54, 1.807) is 18.1 Å². The highest BCUT2D eigenvalue weighted by Crippen LogP contribution is 2.61. The number of hydrogen-bond donors (Lipinski definition) is 1. The molecule has 1 N–H and O–H groups in total. The first-order valence-electron chi connectivity index (χ1n) is 17.0. The fourth-order valence-electron chi connectivity index (χ4n) is 7.46. The average Bonchev–Trinajstić information content (AvgIpc) is 3.87. The van der Waals surface area contributed by atoms with E-state index in [4.69, 9.17) is 9.47 Å². The van der Waals surface area contributed by atoms with Gasteiger partial charge in [0.2, 0.25) is 11.8 Å². The molecule has 1 atom stereocenters. The molecule has 0 unspecified atom stereocenters. The van der Waals surface area contributed by atoms with E-state index >= 15 is 0 Å². The van der Waals surface area contributed by atoms with Gasteiger partial charge in [-0.05, 0) is 95.2 Å². The third kappa shape index (κ3) is 7.47. The van der Waals surface area contributed by atoms with Gasteiger partial charge in [0.05, 0.1) is 28.7 Å². The molecular formula is C36H44F3N5O5S. The number of nitrogens with one attached hydrogen (secondary N) is 1. The average molecular weight is 716 g/mol. The zero-order chi connectivity index (χ0) is 35.8. The Hall–Kier alpha value is -3.75. The molecule has 0 spiro atoms. The van der Waals surface area contributed by atoms with Crippen LogP contribution in [0.5, 0.6) is 5.88 Å². The van der Waals surface area contributed by atoms with E-state index in [-0.39, 0.29) is 60.2 Å². The highest BCUT2D eigenvalue weighted by Gasteiger charge is 2.64. The number of ether oxygens (including phenoxy) is 2. The monoisotopic (exact) mass is 715 g/mol. The summed E-state index contributed by atoms with van der Waals surface area (Å²) in [5, 5.41) is 0. The highest BCUT2D eigenvalue weighted by atomic mass is 32.2. The van der Waals surface area contributed by atoms with Gasteiger partial charge >= 0.3 is 6.18 Å². The van der Waals surface area contributed by atoms with Crippen molar-refractivity contribution in [1.29, 1.82) is 0 Å². The van der Waals surface area contributed by atoms with Gasteiger partial charge in [0, 0.05) is 42.9 Å². The number of carbonyl (C=O) groups excluding carboxylic acids is 1. The van der Waals surface area contributed by atoms with Crippen LogP contribution in [0.15, 0.2) is 53.4 Å². The van der Waals surface area contributed by atoms with Crippen molar-refractivity contribution in [2.75, 3.05) is 38.6 Å². The Labute approximate surface area is 291 Å². The summed E-state index contributed by atoms with van der Waals surface area (Å²) in [6, 6.07) is 11.7. The number of fused-ring (bicyclic) bond motifs is 4. The van der Waals surface area contributed by atoms with Crippen molar-refractivity contribution < 1.29 is 35.9 Å². The maximum atomic E-state index is 14.6. The Morgan fingerprint density at radius 2 is 1.72 bits per heavy atom. The van der Waals surface area contributed by atoms with Crippen LogP contribution in [-0.2, 0) is 14.8 Å². The highest BCUT2D eigenvalue weighted by molar-refractivity contribution is 7.92. The summed E-state index contributed by atoms with van der Waals surface area (Å²) in [5.41, 5.74) is 1.04. The largest absolute Gasteiger partial charge is 0.475 e. The summed E-state index contributed by atoms with van der Waals surface area (Å²) in [5.74, 6) is -0.800. The Bertz CT molecular complexity index is 1810. The maximum absolute atomic E-state index is 14.6. The molecule has 1 aliphatic heterocycles. The Morgan fingerprint density at radius 1 is 1.04 bits per heavy atom. The lowest BCUT2D eigenvalue weighted by molar-refractivity contribution is -0.193. The van der Waals surface area contributed by atoms with Gasteiger partial charge in [-0.1, -0.05) is 24.3 Å². The minimum atomic E-state index is -4.46. The first-order chi connectivity index (χ1) is 23.7. The van der Waals surface area contributed by atoms with Gasteiger partial charge in [-0.3, -0.25) is 4.79 Å². The number of benzene rings is 2. The molecule has 4 bridgehead atoms. The van der Waals surface area contributed by atoms with Crippen molar-refractivity contribution in [3.8, 4) is 17.1 Å². The van der Waals surface area contributed by atoms with Crippen molar-refractivity contribution >= 4 is 21.9 Å². The quantitative estimate of drug-likeness (QED) is 0.286. The second-order valence-corrected chi connectivity index (χ2v) is 15.6. The molecule has 2 heterocycles. The van der Waals surface area contributed by atoms with Crippen LogP contribution in [0, 0.1) is 19.3 Å². The minimum Gasteiger partial charge on any atom is -0.475 e. The smallest absolute Gasteiger partial charge is 0.394 e. The predicted octanol–water partition coefficient (Wildman–Crippen LogP) is 6.39. The summed E-state index contributed by atoms with van der Waals surface area (Å²) in [7, 11) is -0.617. The zero-order valence-corrected chi connectivity index (χ0v) is 29.6. The minimum absolute atomic E-state index is 0.0148. The number of anilines is 1. The van der Waals surface area contributed by atoms with Crippen molar-refractivity contribution in [3.63, 3.8) is 0 Å². The van der Waals surface area contributed by atoms with Crippen molar-refractivity contribution in [3.05, 3.63) is 65.2 Å². The number of carbonyl (C=O) groups is 1. The Balaban J connectivity index is 1.44. The van der Waals surface area contributed by atoms with Gasteiger partial charge in [0.25, 0.3) is 15.9 Å². The van der Waals surface area contributed by atoms with Crippen molar-refractivity contribution in [2.24, 2.45) is 5.41 Å². The van der Waals surface area contributed by atoms with Crippen LogP contribution in [-0.4, -0.2) is 92.3 Å². The normalized spacial score (nSPS) is 23.2. The molecule has 3 aliphatic rings. The van der Waals surface area contributed by atoms with Crippen LogP contribution >= 0.6 is 0 Å². The summed E-state index contributed by atoms with van der Waals surface area (Å²) >= 11 is 0. The second-order valence-electron chi connectivity index (χ2n) is 13.9. The van der Waals surface area contributed by atoms with E-state index in [2.05, 4.69) is 19.6 Å². The summed E-state index contributed by atoms with van der Waals surface area (Å²) in [6.07, 6.45) is -2.25. The Kier molecular flexibility index (Phi) is 10.2. The molecule has 2 saturated carbocycles. The maximum Gasteiger partial charge on any atom is 0.394 e. The number of sulfonamides is 1. The number of amides is 1. The van der Waals surface area contributed by atoms with Crippen LogP contribution < -0.4 is 9.46 Å². The topological polar surface area (TPSA) is 114 Å². The molecule has 10 nitrogen and oxygen atoms in total. The van der Waals surface area contributed by atoms with Crippen LogP contribution in [0.1, 0.15) is 66.4 Å². The molecule has 14 heteroatoms. The number of methoxy groups -OCH3 is 1. The Morgan fingerprint density at radius 3 is 2.36 bits per heavy atom. The molecule has 0 saturated heterocycles. The molecule has 2 aliphatic carbocycles. The molecule has 3 aromatic rings. The second kappa shape index (κ2) is 14.1. The lowest BCUT2D eigenvalue weighted by Crippen LogP contribution is -2.53. The number of rotatable bonds is 8. The number of nitrogens with zero attached hydrogens (tertiary/aromatic N) is 4. The molecular weight excluding hydrogens is 671 g/mol. The first kappa shape index (κ1) is 36.1. The molecule has 270 valence electrons. The molecule has 6 rings (SSSR count). The van der Waals surface area contributed by atoms with Crippen LogP contribution in [0.4, 0.5) is 19.1 Å². The molecule has 50 heavy (non-hydrogen) atoms. The molecule has 2 fully saturated rings. The van der Waals surface area contributed by atoms with E-state index in [0.29, 0.717) is 25.1 Å². The fourth-order valence-corrected chi connectivity index (χ4v) is 8.45. The summed E-state index contributed by atoms with van der Waals surface area (Å²) in [4.78, 5) is 27.0. The number of halogens is 3. The number of alkyl halides is 3. The van der Waals surface area contributed by atoms with Crippen LogP contribution in [0.3, 0.4) is 0 Å². The van der Waals surface area contributed by atoms with E-state index in [9.17, 15) is 26.4 Å². The van der Waals surface area contributed by atoms with Gasteiger partial charge < -0.3 is 19.3 Å². The van der Waals surface area contributed by atoms with Gasteiger partial charge in [0.15, 0.2) is 0 Å². The first-order valence-corrected chi connectivity index (χ1v) is 18.5. The van der Waals surface area contributed by atoms with E-state index in [1.165, 1.54) is 24.3 Å². The van der Waals surface area contributed by atoms with E-state index < -0.39 is 33.6 Å². The molecule has 2 aromatic carbocycles. The third-order valence-electron chi connectivity index (χ3n) is 10.5. The van der Waals surface area contributed by atoms with E-state index in [1.807, 2.05) is 39.1 Å². The van der Waals surface area contributed by atoms with Crippen molar-refractivity contribution in [2.45, 2.75) is 88.0 Å². The fraction of sp³-hybridized carbons (Fsp3) is 0.528. The van der Waals surface area contributed by atoms with Gasteiger partial charge in [-0.15, -0.1) is 0 Å². The SMILES string of the molecule is COCCN(C)C1CCC(N2C(=O)c3cccc(c3)S(=O)(=O)Nc3nc(cc(-c4c(C)cccc4C)n3)OC[C@H]2CC2(C(F)(F)F)CC2)CC1. The standard InChI is InChI=1S/C36H44F3N5O5S/c1-23-7-5-8-24(2)32(23)30-20-31-41-34(40-30)42-50(46,47)29-10-6-9-25(19-29)33(45)44(27-13-11-26(12-14-27)43(3)17-18-48-4)28(22-49-31)21-35(15-16-35)36(37,38)39/h5-10,19-20,26-28H,11-18,21-22H2,1-4H3,(H,40,41,42)/t26?,27?,28-/m1/s1. The van der Waals surface area contributed by atoms with Crippen molar-refractivity contribution in [1.82, 2.24) is 19.8 Å². The third-order valence-corrected chi connectivity index (χ3v) is 11.8. The lowest BCUT2D eigenvalue weighted by atomic mass is 9.86. The van der Waals surface area contributed by atoms with Gasteiger partial charge in [0.1, 0.15) is 6.61 Å². The number of aryl methyl sites for hydroxylation is 2. The van der Waals surface area contributed by atoms with Gasteiger partial charge in [-0.2, -0.15) is 18.2 Å². The van der Waals surface area contributed by atoms with E-state index in [0.717, 1.165) is 36.1 Å². The number of aromatic nitrogens is 2. The number of hydrogen-bond acceptors (Lipinski definition) is 8. The molecule has 1 amide bonds.